The summed E-state index contributed by atoms with van der Waals surface area (Å²) >= 11 is 0. The Kier molecular flexibility index (Phi) is 3.81. The molecule has 1 aliphatic rings. The maximum absolute atomic E-state index is 10.6. The summed E-state index contributed by atoms with van der Waals surface area (Å²) < 4.78 is 11.8. The lowest BCUT2D eigenvalue weighted by molar-refractivity contribution is 0.0210. The van der Waals surface area contributed by atoms with E-state index in [4.69, 9.17) is 9.15 Å². The smallest absolute Gasteiger partial charge is 0.368 e. The average Bonchev–Trinajstić information content (AvgIpc) is 2.69. The minimum atomic E-state index is -1.02. The van der Waals surface area contributed by atoms with Crippen molar-refractivity contribution in [2.45, 2.75) is 18.6 Å². The van der Waals surface area contributed by atoms with Crippen molar-refractivity contribution in [3.05, 3.63) is 53.6 Å². The first kappa shape index (κ1) is 18.1. The standard InChI is InChI=1S/C22H16O8/c23-10-4-15(25)11-6-13-20(29-19(11)5-10)8-16(26)12-7-18(28)21(30-22(12)13)9-1-2-14(24)17(27)3-9/h1-6,8,18,21,28H,7H2,(H4-,23,24,25,26,27)/p+1/t18-,21+/m1/s1. The molecule has 2 atom stereocenters. The minimum Gasteiger partial charge on any atom is -0.507 e. The summed E-state index contributed by atoms with van der Waals surface area (Å²) in [6.45, 7) is 0. The van der Waals surface area contributed by atoms with Gasteiger partial charge in [0.15, 0.2) is 17.6 Å². The SMILES string of the molecule is Oc1cc(O)c2cc3c4c(c(O)cc3[o+]c2c1)C[C@@H](O)[C@H](c1ccc(O)c(O)c1)O4. The van der Waals surface area contributed by atoms with E-state index < -0.39 is 12.2 Å². The summed E-state index contributed by atoms with van der Waals surface area (Å²) in [7, 11) is 0. The fourth-order valence-corrected chi connectivity index (χ4v) is 3.85. The highest BCUT2D eigenvalue weighted by Crippen LogP contribution is 2.46. The van der Waals surface area contributed by atoms with Gasteiger partial charge in [-0.25, -0.2) is 4.42 Å². The first-order valence-electron chi connectivity index (χ1n) is 9.16. The molecule has 0 bridgehead atoms. The van der Waals surface area contributed by atoms with Crippen LogP contribution in [0, 0.1) is 0 Å². The summed E-state index contributed by atoms with van der Waals surface area (Å²) in [6.07, 6.45) is -1.83. The van der Waals surface area contributed by atoms with Crippen LogP contribution >= 0.6 is 0 Å². The molecule has 0 radical (unpaired) electrons. The van der Waals surface area contributed by atoms with Crippen LogP contribution in [0.4, 0.5) is 0 Å². The van der Waals surface area contributed by atoms with Crippen molar-refractivity contribution in [3.63, 3.8) is 0 Å². The van der Waals surface area contributed by atoms with E-state index in [0.717, 1.165) is 0 Å². The van der Waals surface area contributed by atoms with Gasteiger partial charge < -0.3 is 35.4 Å². The number of hydrogen-bond donors (Lipinski definition) is 6. The number of phenolic OH excluding ortho intramolecular Hbond substituents is 5. The number of aliphatic hydroxyl groups is 1. The Labute approximate surface area is 169 Å². The lowest BCUT2D eigenvalue weighted by atomic mass is 9.92. The Morgan fingerprint density at radius 3 is 2.30 bits per heavy atom. The predicted molar refractivity (Wildman–Crippen MR) is 106 cm³/mol. The monoisotopic (exact) mass is 409 g/mol. The van der Waals surface area contributed by atoms with Crippen molar-refractivity contribution in [3.8, 4) is 34.5 Å². The highest BCUT2D eigenvalue weighted by Gasteiger charge is 2.35. The molecule has 152 valence electrons. The molecular weight excluding hydrogens is 392 g/mol. The molecule has 1 aromatic heterocycles. The van der Waals surface area contributed by atoms with Gasteiger partial charge in [0.25, 0.3) is 0 Å². The second-order valence-electron chi connectivity index (χ2n) is 7.30. The summed E-state index contributed by atoms with van der Waals surface area (Å²) in [4.78, 5) is 0. The highest BCUT2D eigenvalue weighted by molar-refractivity contribution is 5.98. The van der Waals surface area contributed by atoms with Gasteiger partial charge in [-0.05, 0) is 23.8 Å². The Morgan fingerprint density at radius 2 is 1.53 bits per heavy atom. The molecule has 5 rings (SSSR count). The fourth-order valence-electron chi connectivity index (χ4n) is 3.85. The van der Waals surface area contributed by atoms with E-state index in [2.05, 4.69) is 0 Å². The van der Waals surface area contributed by atoms with E-state index in [1.54, 1.807) is 6.07 Å². The Balaban J connectivity index is 1.72. The zero-order chi connectivity index (χ0) is 21.2. The van der Waals surface area contributed by atoms with E-state index in [1.807, 2.05) is 0 Å². The molecule has 0 aliphatic carbocycles. The van der Waals surface area contributed by atoms with E-state index in [1.165, 1.54) is 36.4 Å². The molecule has 0 fully saturated rings. The van der Waals surface area contributed by atoms with Crippen LogP contribution in [0.3, 0.4) is 0 Å². The zero-order valence-corrected chi connectivity index (χ0v) is 15.4. The molecule has 1 aliphatic heterocycles. The zero-order valence-electron chi connectivity index (χ0n) is 15.4. The number of hydrogen-bond acceptors (Lipinski definition) is 7. The van der Waals surface area contributed by atoms with Crippen LogP contribution in [-0.4, -0.2) is 36.7 Å². The van der Waals surface area contributed by atoms with Crippen LogP contribution in [-0.2, 0) is 6.42 Å². The fraction of sp³-hybridized carbons (Fsp3) is 0.136. The van der Waals surface area contributed by atoms with Crippen LogP contribution in [0.2, 0.25) is 0 Å². The van der Waals surface area contributed by atoms with Crippen LogP contribution in [0.1, 0.15) is 17.2 Å². The van der Waals surface area contributed by atoms with Crippen LogP contribution in [0.5, 0.6) is 34.5 Å². The van der Waals surface area contributed by atoms with Crippen LogP contribution in [0.25, 0.3) is 21.9 Å². The summed E-state index contributed by atoms with van der Waals surface area (Å²) in [5.41, 5.74) is 1.29. The van der Waals surface area contributed by atoms with E-state index in [-0.39, 0.29) is 52.1 Å². The van der Waals surface area contributed by atoms with Gasteiger partial charge in [-0.1, -0.05) is 6.07 Å². The Bertz CT molecular complexity index is 1330. The van der Waals surface area contributed by atoms with Gasteiger partial charge in [0.2, 0.25) is 0 Å². The molecule has 0 unspecified atom stereocenters. The quantitative estimate of drug-likeness (QED) is 0.160. The highest BCUT2D eigenvalue weighted by atomic mass is 16.5. The van der Waals surface area contributed by atoms with Crippen molar-refractivity contribution in [2.75, 3.05) is 0 Å². The van der Waals surface area contributed by atoms with Gasteiger partial charge in [-0.3, -0.25) is 0 Å². The molecule has 0 saturated heterocycles. The van der Waals surface area contributed by atoms with Crippen molar-refractivity contribution in [1.29, 1.82) is 0 Å². The number of fused-ring (bicyclic) bond motifs is 4. The molecule has 0 spiro atoms. The number of aromatic hydroxyl groups is 5. The molecule has 4 aromatic rings. The summed E-state index contributed by atoms with van der Waals surface area (Å²) in [6, 6.07) is 9.65. The summed E-state index contributed by atoms with van der Waals surface area (Å²) in [5.74, 6) is -0.857. The molecule has 0 amide bonds. The predicted octanol–water partition coefficient (Wildman–Crippen LogP) is 3.43. The molecule has 8 nitrogen and oxygen atoms in total. The van der Waals surface area contributed by atoms with Crippen molar-refractivity contribution >= 4 is 21.9 Å². The number of ether oxygens (including phenoxy) is 1. The van der Waals surface area contributed by atoms with Gasteiger partial charge in [0.1, 0.15) is 33.8 Å². The minimum absolute atomic E-state index is 0.0724. The van der Waals surface area contributed by atoms with Crippen molar-refractivity contribution in [2.24, 2.45) is 0 Å². The first-order valence-corrected chi connectivity index (χ1v) is 9.16. The van der Waals surface area contributed by atoms with Gasteiger partial charge in [-0.2, -0.15) is 0 Å². The molecule has 8 heteroatoms. The third-order valence-corrected chi connectivity index (χ3v) is 5.31. The molecule has 0 saturated carbocycles. The van der Waals surface area contributed by atoms with Gasteiger partial charge >= 0.3 is 11.2 Å². The second kappa shape index (κ2) is 6.30. The van der Waals surface area contributed by atoms with E-state index >= 15 is 0 Å². The number of benzene rings is 3. The maximum Gasteiger partial charge on any atom is 0.368 e. The van der Waals surface area contributed by atoms with E-state index in [0.29, 0.717) is 21.9 Å². The van der Waals surface area contributed by atoms with Crippen molar-refractivity contribution < 1.29 is 39.8 Å². The molecular formula is C22H17O8+. The molecule has 30 heavy (non-hydrogen) atoms. The molecule has 2 heterocycles. The lowest BCUT2D eigenvalue weighted by Gasteiger charge is -2.31. The average molecular weight is 409 g/mol. The van der Waals surface area contributed by atoms with Gasteiger partial charge in [0.05, 0.1) is 18.2 Å². The largest absolute Gasteiger partial charge is 0.507 e. The lowest BCUT2D eigenvalue weighted by Crippen LogP contribution is -2.30. The normalized spacial score (nSPS) is 18.3. The van der Waals surface area contributed by atoms with E-state index in [9.17, 15) is 30.6 Å². The van der Waals surface area contributed by atoms with Gasteiger partial charge in [-0.15, -0.1) is 0 Å². The Morgan fingerprint density at radius 1 is 0.767 bits per heavy atom. The molecule has 3 aromatic carbocycles. The number of aliphatic hydroxyl groups excluding tert-OH is 1. The Hall–Kier alpha value is -3.91. The number of rotatable bonds is 1. The third-order valence-electron chi connectivity index (χ3n) is 5.31. The van der Waals surface area contributed by atoms with Crippen LogP contribution in [0.15, 0.2) is 46.9 Å². The van der Waals surface area contributed by atoms with Crippen molar-refractivity contribution in [1.82, 2.24) is 0 Å². The molecule has 6 N–H and O–H groups in total. The third kappa shape index (κ3) is 2.69. The maximum atomic E-state index is 10.6. The summed E-state index contributed by atoms with van der Waals surface area (Å²) in [5, 5.41) is 61.1. The van der Waals surface area contributed by atoms with Gasteiger partial charge in [0, 0.05) is 18.1 Å². The second-order valence-corrected chi connectivity index (χ2v) is 7.30. The topological polar surface area (TPSA) is 142 Å². The van der Waals surface area contributed by atoms with Crippen LogP contribution < -0.4 is 4.74 Å². The number of phenols is 5. The first-order chi connectivity index (χ1) is 14.3.